The van der Waals surface area contributed by atoms with Crippen molar-refractivity contribution in [3.8, 4) is 11.3 Å². The minimum atomic E-state index is -4.47. The standard InChI is InChI=1S/C26H33N2O8PS/c1-19(38(32,33)35-18-26(2,3)4)24(27-25(29)34-16-20-11-7-5-8-12-20)37(30,31)17-22-15-23(28-36-22)21-13-9-6-10-14-21/h5-15,19,24H,16-18H2,1-4H3,(H,27,29)(H,30,31). The summed E-state index contributed by atoms with van der Waals surface area (Å²) in [6.07, 6.45) is -1.62. The fourth-order valence-corrected chi connectivity index (χ4v) is 7.30. The Labute approximate surface area is 222 Å². The second kappa shape index (κ2) is 12.3. The number of rotatable bonds is 11. The Morgan fingerprint density at radius 1 is 1.11 bits per heavy atom. The molecule has 0 radical (unpaired) electrons. The zero-order valence-corrected chi connectivity index (χ0v) is 23.4. The van der Waals surface area contributed by atoms with Gasteiger partial charge in [0.2, 0.25) is 7.37 Å². The minimum absolute atomic E-state index is 0.0550. The van der Waals surface area contributed by atoms with E-state index in [2.05, 4.69) is 10.5 Å². The van der Waals surface area contributed by atoms with Crippen LogP contribution in [-0.4, -0.2) is 42.2 Å². The van der Waals surface area contributed by atoms with Crippen LogP contribution >= 0.6 is 7.37 Å². The lowest BCUT2D eigenvalue weighted by atomic mass is 9.99. The Kier molecular flexibility index (Phi) is 9.54. The lowest BCUT2D eigenvalue weighted by Gasteiger charge is -2.29. The summed E-state index contributed by atoms with van der Waals surface area (Å²) in [4.78, 5) is 23.7. The van der Waals surface area contributed by atoms with Crippen LogP contribution in [-0.2, 0) is 36.4 Å². The summed E-state index contributed by atoms with van der Waals surface area (Å²) in [6, 6.07) is 19.4. The van der Waals surface area contributed by atoms with Gasteiger partial charge in [0.05, 0.1) is 12.8 Å². The maximum Gasteiger partial charge on any atom is 0.408 e. The van der Waals surface area contributed by atoms with Gasteiger partial charge in [-0.2, -0.15) is 8.42 Å². The number of amides is 1. The first-order chi connectivity index (χ1) is 17.8. The highest BCUT2D eigenvalue weighted by atomic mass is 32.2. The summed E-state index contributed by atoms with van der Waals surface area (Å²) in [5, 5.41) is 4.65. The lowest BCUT2D eigenvalue weighted by Crippen LogP contribution is -2.46. The molecule has 3 unspecified atom stereocenters. The minimum Gasteiger partial charge on any atom is -0.445 e. The Morgan fingerprint density at radius 2 is 1.71 bits per heavy atom. The molecule has 0 aliphatic heterocycles. The summed E-state index contributed by atoms with van der Waals surface area (Å²) in [6.45, 7) is 6.31. The van der Waals surface area contributed by atoms with Crippen LogP contribution in [0.4, 0.5) is 4.79 Å². The molecule has 1 heterocycles. The number of hydrogen-bond acceptors (Lipinski definition) is 8. The lowest BCUT2D eigenvalue weighted by molar-refractivity contribution is 0.137. The molecule has 3 rings (SSSR count). The predicted molar refractivity (Wildman–Crippen MR) is 143 cm³/mol. The fourth-order valence-electron chi connectivity index (χ4n) is 3.41. The average molecular weight is 565 g/mol. The molecule has 3 aromatic rings. The number of hydrogen-bond donors (Lipinski definition) is 2. The van der Waals surface area contributed by atoms with Crippen molar-refractivity contribution in [2.45, 2.75) is 51.5 Å². The molecule has 12 heteroatoms. The molecule has 0 spiro atoms. The van der Waals surface area contributed by atoms with E-state index in [1.54, 1.807) is 63.2 Å². The third-order valence-electron chi connectivity index (χ3n) is 5.48. The molecule has 2 aromatic carbocycles. The first-order valence-electron chi connectivity index (χ1n) is 11.9. The van der Waals surface area contributed by atoms with Crippen LogP contribution in [0.25, 0.3) is 11.3 Å². The molecule has 0 fully saturated rings. The number of nitrogens with zero attached hydrogens (tertiary/aromatic N) is 1. The normalized spacial score (nSPS) is 15.3. The molecule has 0 aliphatic rings. The van der Waals surface area contributed by atoms with Crippen molar-refractivity contribution in [1.82, 2.24) is 10.5 Å². The summed E-state index contributed by atoms with van der Waals surface area (Å²) in [5.74, 6) is -1.69. The number of carbonyl (C=O) groups excluding carboxylic acids is 1. The molecule has 0 bridgehead atoms. The van der Waals surface area contributed by atoms with E-state index < -0.39 is 46.2 Å². The highest BCUT2D eigenvalue weighted by Crippen LogP contribution is 2.51. The maximum absolute atomic E-state index is 13.6. The van der Waals surface area contributed by atoms with Gasteiger partial charge in [-0.1, -0.05) is 86.6 Å². The van der Waals surface area contributed by atoms with Crippen LogP contribution in [0.2, 0.25) is 0 Å². The second-order valence-corrected chi connectivity index (χ2v) is 14.5. The van der Waals surface area contributed by atoms with E-state index in [1.807, 2.05) is 18.2 Å². The molecule has 3 atom stereocenters. The van der Waals surface area contributed by atoms with Crippen molar-refractivity contribution in [1.29, 1.82) is 0 Å². The Hall–Kier alpha value is -2.98. The SMILES string of the molecule is CC(C(NC(=O)OCc1ccccc1)P(=O)(O)Cc1cc(-c2ccccc2)no1)S(=O)(=O)OCC(C)(C)C. The van der Waals surface area contributed by atoms with Gasteiger partial charge in [0.15, 0.2) is 0 Å². The van der Waals surface area contributed by atoms with Gasteiger partial charge in [-0.25, -0.2) is 4.79 Å². The molecule has 2 N–H and O–H groups in total. The molecular weight excluding hydrogens is 531 g/mol. The van der Waals surface area contributed by atoms with Crippen LogP contribution in [0.5, 0.6) is 0 Å². The van der Waals surface area contributed by atoms with Crippen molar-refractivity contribution in [3.63, 3.8) is 0 Å². The molecule has 10 nitrogen and oxygen atoms in total. The van der Waals surface area contributed by atoms with Crippen molar-refractivity contribution >= 4 is 23.6 Å². The third-order valence-corrected chi connectivity index (χ3v) is 9.52. The van der Waals surface area contributed by atoms with Crippen molar-refractivity contribution < 1.29 is 36.1 Å². The topological polar surface area (TPSA) is 145 Å². The largest absolute Gasteiger partial charge is 0.445 e. The van der Waals surface area contributed by atoms with Gasteiger partial charge in [0.25, 0.3) is 10.1 Å². The number of nitrogens with one attached hydrogen (secondary N) is 1. The van der Waals surface area contributed by atoms with Gasteiger partial charge in [0.1, 0.15) is 29.1 Å². The number of benzene rings is 2. The Morgan fingerprint density at radius 3 is 2.32 bits per heavy atom. The first-order valence-corrected chi connectivity index (χ1v) is 15.3. The smallest absolute Gasteiger partial charge is 0.408 e. The quantitative estimate of drug-likeness (QED) is 0.239. The van der Waals surface area contributed by atoms with E-state index >= 15 is 0 Å². The highest BCUT2D eigenvalue weighted by Gasteiger charge is 2.44. The molecule has 1 amide bonds. The third kappa shape index (κ3) is 8.52. The van der Waals surface area contributed by atoms with Crippen LogP contribution < -0.4 is 5.32 Å². The molecule has 0 aliphatic carbocycles. The van der Waals surface area contributed by atoms with E-state index in [0.29, 0.717) is 11.3 Å². The van der Waals surface area contributed by atoms with Crippen molar-refractivity contribution in [2.75, 3.05) is 6.61 Å². The van der Waals surface area contributed by atoms with E-state index in [-0.39, 0.29) is 19.0 Å². The number of carbonyl (C=O) groups is 1. The van der Waals surface area contributed by atoms with E-state index in [4.69, 9.17) is 13.4 Å². The monoisotopic (exact) mass is 564 g/mol. The van der Waals surface area contributed by atoms with Crippen molar-refractivity contribution in [3.05, 3.63) is 78.1 Å². The van der Waals surface area contributed by atoms with E-state index in [9.17, 15) is 22.7 Å². The summed E-state index contributed by atoms with van der Waals surface area (Å²) < 4.78 is 55.2. The number of ether oxygens (including phenoxy) is 1. The molecule has 0 saturated heterocycles. The van der Waals surface area contributed by atoms with Crippen LogP contribution in [0.1, 0.15) is 39.0 Å². The molecule has 206 valence electrons. The molecule has 0 saturated carbocycles. The average Bonchev–Trinajstić information content (AvgIpc) is 3.33. The van der Waals surface area contributed by atoms with E-state index in [0.717, 1.165) is 5.56 Å². The number of aromatic nitrogens is 1. The van der Waals surface area contributed by atoms with Crippen LogP contribution in [0, 0.1) is 5.41 Å². The van der Waals surface area contributed by atoms with Gasteiger partial charge in [0, 0.05) is 11.6 Å². The number of alkyl carbamates (subject to hydrolysis) is 1. The summed E-state index contributed by atoms with van der Waals surface area (Å²) in [7, 11) is -8.84. The zero-order chi connectivity index (χ0) is 28.0. The predicted octanol–water partition coefficient (Wildman–Crippen LogP) is 5.15. The van der Waals surface area contributed by atoms with Gasteiger partial charge in [-0.05, 0) is 17.9 Å². The first kappa shape index (κ1) is 29.6. The van der Waals surface area contributed by atoms with Crippen LogP contribution in [0.3, 0.4) is 0 Å². The zero-order valence-electron chi connectivity index (χ0n) is 21.7. The molecule has 38 heavy (non-hydrogen) atoms. The van der Waals surface area contributed by atoms with Crippen LogP contribution in [0.15, 0.2) is 71.3 Å². The van der Waals surface area contributed by atoms with Gasteiger partial charge in [-0.3, -0.25) is 8.75 Å². The van der Waals surface area contributed by atoms with Gasteiger partial charge in [-0.15, -0.1) is 0 Å². The highest BCUT2D eigenvalue weighted by molar-refractivity contribution is 7.87. The summed E-state index contributed by atoms with van der Waals surface area (Å²) in [5.41, 5.74) is 1.39. The Bertz CT molecular complexity index is 1350. The van der Waals surface area contributed by atoms with Gasteiger partial charge < -0.3 is 19.5 Å². The molecule has 1 aromatic heterocycles. The maximum atomic E-state index is 13.6. The Balaban J connectivity index is 1.82. The van der Waals surface area contributed by atoms with E-state index in [1.165, 1.54) is 13.0 Å². The van der Waals surface area contributed by atoms with Gasteiger partial charge >= 0.3 is 6.09 Å². The van der Waals surface area contributed by atoms with Crippen molar-refractivity contribution in [2.24, 2.45) is 5.41 Å². The summed E-state index contributed by atoms with van der Waals surface area (Å²) >= 11 is 0. The fraction of sp³-hybridized carbons (Fsp3) is 0.385. The second-order valence-electron chi connectivity index (χ2n) is 10.1. The molecular formula is C26H33N2O8PS.